The first-order valence-electron chi connectivity index (χ1n) is 8.25. The van der Waals surface area contributed by atoms with E-state index in [2.05, 4.69) is 10.3 Å². The van der Waals surface area contributed by atoms with Crippen LogP contribution in [0.2, 0.25) is 0 Å². The molecule has 132 valence electrons. The minimum absolute atomic E-state index is 0.165. The highest BCUT2D eigenvalue weighted by Crippen LogP contribution is 2.16. The fourth-order valence-corrected chi connectivity index (χ4v) is 2.49. The lowest BCUT2D eigenvalue weighted by Gasteiger charge is -2.08. The average molecular weight is 349 g/mol. The molecule has 1 amide bonds. The summed E-state index contributed by atoms with van der Waals surface area (Å²) in [5, 5.41) is 2.81. The van der Waals surface area contributed by atoms with Gasteiger partial charge in [-0.3, -0.25) is 9.59 Å². The molecular formula is C20H19N3O3. The molecule has 0 aliphatic carbocycles. The van der Waals surface area contributed by atoms with Gasteiger partial charge in [-0.25, -0.2) is 4.98 Å². The predicted octanol–water partition coefficient (Wildman–Crippen LogP) is 3.30. The third-order valence-corrected chi connectivity index (χ3v) is 3.86. The quantitative estimate of drug-likeness (QED) is 0.693. The monoisotopic (exact) mass is 349 g/mol. The van der Waals surface area contributed by atoms with E-state index in [0.29, 0.717) is 29.2 Å². The Kier molecular flexibility index (Phi) is 5.12. The zero-order valence-electron chi connectivity index (χ0n) is 14.6. The second kappa shape index (κ2) is 7.65. The first-order valence-corrected chi connectivity index (χ1v) is 8.25. The molecule has 6 nitrogen and oxygen atoms in total. The molecule has 1 heterocycles. The van der Waals surface area contributed by atoms with Gasteiger partial charge >= 0.3 is 0 Å². The number of amides is 1. The largest absolute Gasteiger partial charge is 0.494 e. The van der Waals surface area contributed by atoms with Crippen molar-refractivity contribution in [2.24, 2.45) is 7.05 Å². The summed E-state index contributed by atoms with van der Waals surface area (Å²) >= 11 is 0. The number of nitrogens with one attached hydrogen (secondary N) is 1. The van der Waals surface area contributed by atoms with E-state index in [4.69, 9.17) is 4.74 Å². The first kappa shape index (κ1) is 17.4. The Balaban J connectivity index is 1.68. The predicted molar refractivity (Wildman–Crippen MR) is 98.6 cm³/mol. The maximum atomic E-state index is 12.4. The van der Waals surface area contributed by atoms with Crippen LogP contribution in [0.5, 0.6) is 5.75 Å². The van der Waals surface area contributed by atoms with Crippen LogP contribution in [0.15, 0.2) is 60.9 Å². The first-order chi connectivity index (χ1) is 12.6. The Labute approximate surface area is 151 Å². The van der Waals surface area contributed by atoms with E-state index in [1.165, 1.54) is 0 Å². The van der Waals surface area contributed by atoms with Crippen molar-refractivity contribution in [2.75, 3.05) is 11.9 Å². The number of ketones is 1. The molecule has 6 heteroatoms. The van der Waals surface area contributed by atoms with Gasteiger partial charge in [0.15, 0.2) is 5.82 Å². The van der Waals surface area contributed by atoms with Crippen molar-refractivity contribution < 1.29 is 14.3 Å². The second-order valence-electron chi connectivity index (χ2n) is 5.68. The van der Waals surface area contributed by atoms with Crippen LogP contribution in [0.25, 0.3) is 0 Å². The highest BCUT2D eigenvalue weighted by atomic mass is 16.5. The van der Waals surface area contributed by atoms with Gasteiger partial charge in [0.05, 0.1) is 6.61 Å². The smallest absolute Gasteiger partial charge is 0.255 e. The number of imidazole rings is 1. The van der Waals surface area contributed by atoms with E-state index >= 15 is 0 Å². The third-order valence-electron chi connectivity index (χ3n) is 3.86. The molecule has 0 aliphatic heterocycles. The van der Waals surface area contributed by atoms with Gasteiger partial charge in [-0.1, -0.05) is 0 Å². The Morgan fingerprint density at radius 1 is 1.04 bits per heavy atom. The number of anilines is 1. The summed E-state index contributed by atoms with van der Waals surface area (Å²) < 4.78 is 7.03. The number of hydrogen-bond acceptors (Lipinski definition) is 4. The molecule has 0 spiro atoms. The Morgan fingerprint density at radius 2 is 1.69 bits per heavy atom. The number of aromatic nitrogens is 2. The van der Waals surface area contributed by atoms with Crippen LogP contribution >= 0.6 is 0 Å². The number of benzene rings is 2. The van der Waals surface area contributed by atoms with E-state index in [9.17, 15) is 9.59 Å². The summed E-state index contributed by atoms with van der Waals surface area (Å²) in [7, 11) is 1.77. The van der Waals surface area contributed by atoms with Crippen molar-refractivity contribution in [3.63, 3.8) is 0 Å². The van der Waals surface area contributed by atoms with E-state index in [1.54, 1.807) is 72.5 Å². The SMILES string of the molecule is CCOc1ccc(C(=O)Nc2ccc(C(=O)c3nccn3C)cc2)cc1. The normalized spacial score (nSPS) is 10.4. The molecule has 0 radical (unpaired) electrons. The lowest BCUT2D eigenvalue weighted by Crippen LogP contribution is -2.12. The third kappa shape index (κ3) is 3.80. The number of hydrogen-bond donors (Lipinski definition) is 1. The molecule has 0 aliphatic rings. The van der Waals surface area contributed by atoms with E-state index in [-0.39, 0.29) is 11.7 Å². The molecule has 0 bridgehead atoms. The van der Waals surface area contributed by atoms with Crippen LogP contribution in [0.4, 0.5) is 5.69 Å². The maximum absolute atomic E-state index is 12.4. The molecule has 0 saturated heterocycles. The van der Waals surface area contributed by atoms with Crippen LogP contribution < -0.4 is 10.1 Å². The number of nitrogens with zero attached hydrogens (tertiary/aromatic N) is 2. The van der Waals surface area contributed by atoms with Crippen molar-refractivity contribution >= 4 is 17.4 Å². The Hall–Kier alpha value is -3.41. The standard InChI is InChI=1S/C20H19N3O3/c1-3-26-17-10-6-15(7-11-17)20(25)22-16-8-4-14(5-9-16)18(24)19-21-12-13-23(19)2/h4-13H,3H2,1-2H3,(H,22,25). The van der Waals surface area contributed by atoms with Gasteiger partial charge in [0.1, 0.15) is 5.75 Å². The highest BCUT2D eigenvalue weighted by molar-refractivity contribution is 6.07. The van der Waals surface area contributed by atoms with Crippen LogP contribution in [-0.2, 0) is 7.05 Å². The van der Waals surface area contributed by atoms with Crippen LogP contribution in [-0.4, -0.2) is 27.8 Å². The summed E-state index contributed by atoms with van der Waals surface area (Å²) in [6.45, 7) is 2.48. The van der Waals surface area contributed by atoms with Gasteiger partial charge in [-0.05, 0) is 55.5 Å². The van der Waals surface area contributed by atoms with E-state index in [0.717, 1.165) is 5.75 Å². The topological polar surface area (TPSA) is 73.2 Å². The molecule has 0 atom stereocenters. The number of ether oxygens (including phenoxy) is 1. The Morgan fingerprint density at radius 3 is 2.27 bits per heavy atom. The molecule has 0 saturated carbocycles. The van der Waals surface area contributed by atoms with Crippen molar-refractivity contribution in [3.05, 3.63) is 77.9 Å². The van der Waals surface area contributed by atoms with E-state index in [1.807, 2.05) is 6.92 Å². The zero-order chi connectivity index (χ0) is 18.5. The summed E-state index contributed by atoms with van der Waals surface area (Å²) in [6.07, 6.45) is 3.30. The molecule has 26 heavy (non-hydrogen) atoms. The average Bonchev–Trinajstić information content (AvgIpc) is 3.08. The van der Waals surface area contributed by atoms with Crippen molar-refractivity contribution in [1.29, 1.82) is 0 Å². The minimum atomic E-state index is -0.226. The number of rotatable bonds is 6. The maximum Gasteiger partial charge on any atom is 0.255 e. The molecular weight excluding hydrogens is 330 g/mol. The fourth-order valence-electron chi connectivity index (χ4n) is 2.49. The molecule has 3 aromatic rings. The highest BCUT2D eigenvalue weighted by Gasteiger charge is 2.14. The minimum Gasteiger partial charge on any atom is -0.494 e. The van der Waals surface area contributed by atoms with E-state index < -0.39 is 0 Å². The summed E-state index contributed by atoms with van der Waals surface area (Å²) in [5.74, 6) is 0.704. The van der Waals surface area contributed by atoms with Gasteiger partial charge in [0, 0.05) is 36.3 Å². The van der Waals surface area contributed by atoms with Gasteiger partial charge < -0.3 is 14.6 Å². The molecule has 3 rings (SSSR count). The zero-order valence-corrected chi connectivity index (χ0v) is 14.6. The molecule has 2 aromatic carbocycles. The van der Waals surface area contributed by atoms with Crippen LogP contribution in [0, 0.1) is 0 Å². The lowest BCUT2D eigenvalue weighted by molar-refractivity contribution is 0.102. The molecule has 0 fully saturated rings. The van der Waals surface area contributed by atoms with Crippen LogP contribution in [0.3, 0.4) is 0 Å². The fraction of sp³-hybridized carbons (Fsp3) is 0.150. The summed E-state index contributed by atoms with van der Waals surface area (Å²) in [6, 6.07) is 13.7. The van der Waals surface area contributed by atoms with Crippen LogP contribution in [0.1, 0.15) is 33.5 Å². The Bertz CT molecular complexity index is 912. The van der Waals surface area contributed by atoms with Crippen molar-refractivity contribution in [3.8, 4) is 5.75 Å². The second-order valence-corrected chi connectivity index (χ2v) is 5.68. The summed E-state index contributed by atoms with van der Waals surface area (Å²) in [5.41, 5.74) is 1.65. The molecule has 0 unspecified atom stereocenters. The van der Waals surface area contributed by atoms with Gasteiger partial charge in [-0.15, -0.1) is 0 Å². The molecule has 1 aromatic heterocycles. The van der Waals surface area contributed by atoms with Crippen molar-refractivity contribution in [2.45, 2.75) is 6.92 Å². The summed E-state index contributed by atoms with van der Waals surface area (Å²) in [4.78, 5) is 28.7. The lowest BCUT2D eigenvalue weighted by atomic mass is 10.1. The number of carbonyl (C=O) groups excluding carboxylic acids is 2. The number of aryl methyl sites for hydroxylation is 1. The van der Waals surface area contributed by atoms with Gasteiger partial charge in [-0.2, -0.15) is 0 Å². The van der Waals surface area contributed by atoms with Crippen molar-refractivity contribution in [1.82, 2.24) is 9.55 Å². The number of carbonyl (C=O) groups is 2. The van der Waals surface area contributed by atoms with Gasteiger partial charge in [0.2, 0.25) is 5.78 Å². The molecule has 1 N–H and O–H groups in total. The van der Waals surface area contributed by atoms with Gasteiger partial charge in [0.25, 0.3) is 5.91 Å².